The molecule has 8 nitrogen and oxygen atoms in total. The van der Waals surface area contributed by atoms with Gasteiger partial charge in [-0.15, -0.1) is 0 Å². The number of carbonyl (C=O) groups excluding carboxylic acids is 1. The van der Waals surface area contributed by atoms with Crippen LogP contribution in [0, 0.1) is 0 Å². The highest BCUT2D eigenvalue weighted by Crippen LogP contribution is 2.42. The van der Waals surface area contributed by atoms with Crippen molar-refractivity contribution >= 4 is 40.6 Å². The van der Waals surface area contributed by atoms with Gasteiger partial charge in [-0.2, -0.15) is 4.99 Å². The van der Waals surface area contributed by atoms with Crippen molar-refractivity contribution in [1.29, 1.82) is 0 Å². The molecule has 9 heteroatoms. The number of nitrogens with zero attached hydrogens (tertiary/aromatic N) is 2. The molecule has 1 aliphatic rings. The number of amides is 1. The van der Waals surface area contributed by atoms with Crippen molar-refractivity contribution in [3.05, 3.63) is 52.4 Å². The zero-order valence-electron chi connectivity index (χ0n) is 16.8. The molecular formula is C21H20N2O6S. The fourth-order valence-corrected chi connectivity index (χ4v) is 3.85. The van der Waals surface area contributed by atoms with Crippen LogP contribution in [0.5, 0.6) is 17.2 Å². The molecule has 0 spiro atoms. The summed E-state index contributed by atoms with van der Waals surface area (Å²) in [6.45, 7) is 0. The van der Waals surface area contributed by atoms with Gasteiger partial charge in [0.05, 0.1) is 37.5 Å². The minimum Gasteiger partial charge on any atom is -0.493 e. The van der Waals surface area contributed by atoms with Crippen LogP contribution in [0.2, 0.25) is 0 Å². The highest BCUT2D eigenvalue weighted by atomic mass is 32.2. The summed E-state index contributed by atoms with van der Waals surface area (Å²) in [7, 11) is 6.20. The predicted octanol–water partition coefficient (Wildman–Crippen LogP) is 3.52. The van der Waals surface area contributed by atoms with Gasteiger partial charge in [0.15, 0.2) is 16.7 Å². The lowest BCUT2D eigenvalue weighted by atomic mass is 10.1. The molecule has 30 heavy (non-hydrogen) atoms. The first-order valence-corrected chi connectivity index (χ1v) is 9.60. The van der Waals surface area contributed by atoms with Gasteiger partial charge in [-0.3, -0.25) is 4.79 Å². The average molecular weight is 428 g/mol. The van der Waals surface area contributed by atoms with Gasteiger partial charge in [0.2, 0.25) is 5.75 Å². The Morgan fingerprint density at radius 2 is 1.77 bits per heavy atom. The molecular weight excluding hydrogens is 408 g/mol. The van der Waals surface area contributed by atoms with Gasteiger partial charge < -0.3 is 24.2 Å². The molecule has 2 aromatic carbocycles. The molecule has 0 radical (unpaired) electrons. The molecule has 0 aliphatic carbocycles. The Morgan fingerprint density at radius 3 is 2.40 bits per heavy atom. The van der Waals surface area contributed by atoms with E-state index in [-0.39, 0.29) is 5.56 Å². The van der Waals surface area contributed by atoms with E-state index in [0.717, 1.165) is 11.8 Å². The van der Waals surface area contributed by atoms with Crippen molar-refractivity contribution in [1.82, 2.24) is 0 Å². The molecule has 156 valence electrons. The maximum atomic E-state index is 12.5. The monoisotopic (exact) mass is 428 g/mol. The molecule has 0 aromatic heterocycles. The Kier molecular flexibility index (Phi) is 6.31. The summed E-state index contributed by atoms with van der Waals surface area (Å²) in [5.41, 5.74) is 1.18. The highest BCUT2D eigenvalue weighted by molar-refractivity contribution is 8.18. The Balaban J connectivity index is 1.93. The molecule has 3 rings (SSSR count). The summed E-state index contributed by atoms with van der Waals surface area (Å²) in [6.07, 6.45) is 1.65. The van der Waals surface area contributed by atoms with Crippen LogP contribution in [0.4, 0.5) is 5.69 Å². The standard InChI is InChI=1S/C21H20N2O6S/c1-23(14-8-6-5-7-13(14)20(25)26)21-22-19(24)16(30-21)11-12-9-10-15(27-2)18(29-4)17(12)28-3/h5-11H,1-4H3,(H,25,26)/b16-11-. The molecule has 2 aromatic rings. The van der Waals surface area contributed by atoms with Gasteiger partial charge in [-0.05, 0) is 42.1 Å². The third kappa shape index (κ3) is 3.97. The number of ether oxygens (including phenoxy) is 3. The zero-order valence-corrected chi connectivity index (χ0v) is 17.6. The Bertz CT molecular complexity index is 1060. The second kappa shape index (κ2) is 8.91. The van der Waals surface area contributed by atoms with Gasteiger partial charge in [-0.25, -0.2) is 4.79 Å². The minimum absolute atomic E-state index is 0.120. The number of thioether (sulfide) groups is 1. The molecule has 0 atom stereocenters. The van der Waals surface area contributed by atoms with E-state index < -0.39 is 11.9 Å². The Labute approximate surface area is 177 Å². The van der Waals surface area contributed by atoms with Crippen LogP contribution in [0.25, 0.3) is 6.08 Å². The second-order valence-corrected chi connectivity index (χ2v) is 7.12. The maximum absolute atomic E-state index is 12.5. The first-order chi connectivity index (χ1) is 14.4. The van der Waals surface area contributed by atoms with Crippen LogP contribution in [0.3, 0.4) is 0 Å². The van der Waals surface area contributed by atoms with Crippen LogP contribution in [-0.4, -0.2) is 50.5 Å². The molecule has 1 aliphatic heterocycles. The number of methoxy groups -OCH3 is 3. The molecule has 0 saturated heterocycles. The summed E-state index contributed by atoms with van der Waals surface area (Å²) >= 11 is 1.15. The third-order valence-corrected chi connectivity index (χ3v) is 5.47. The molecule has 0 fully saturated rings. The van der Waals surface area contributed by atoms with E-state index in [1.165, 1.54) is 27.4 Å². The predicted molar refractivity (Wildman–Crippen MR) is 116 cm³/mol. The molecule has 0 unspecified atom stereocenters. The summed E-state index contributed by atoms with van der Waals surface area (Å²) in [5.74, 6) is -0.136. The van der Waals surface area contributed by atoms with E-state index in [1.54, 1.807) is 48.4 Å². The van der Waals surface area contributed by atoms with Crippen LogP contribution in [0.15, 0.2) is 46.3 Å². The van der Waals surface area contributed by atoms with Crippen molar-refractivity contribution in [3.8, 4) is 17.2 Å². The van der Waals surface area contributed by atoms with E-state index >= 15 is 0 Å². The number of carboxylic acid groups (broad SMARTS) is 1. The van der Waals surface area contributed by atoms with Crippen molar-refractivity contribution in [2.45, 2.75) is 0 Å². The van der Waals surface area contributed by atoms with Gasteiger partial charge in [0.1, 0.15) is 0 Å². The van der Waals surface area contributed by atoms with Crippen molar-refractivity contribution in [2.24, 2.45) is 4.99 Å². The van der Waals surface area contributed by atoms with Crippen molar-refractivity contribution in [3.63, 3.8) is 0 Å². The Morgan fingerprint density at radius 1 is 1.07 bits per heavy atom. The topological polar surface area (TPSA) is 97.7 Å². The molecule has 1 amide bonds. The number of para-hydroxylation sites is 1. The fraction of sp³-hybridized carbons (Fsp3) is 0.190. The van der Waals surface area contributed by atoms with E-state index in [1.807, 2.05) is 0 Å². The van der Waals surface area contributed by atoms with E-state index in [4.69, 9.17) is 14.2 Å². The number of benzene rings is 2. The van der Waals surface area contributed by atoms with Crippen molar-refractivity contribution < 1.29 is 28.9 Å². The maximum Gasteiger partial charge on any atom is 0.337 e. The minimum atomic E-state index is -1.06. The van der Waals surface area contributed by atoms with Crippen LogP contribution >= 0.6 is 11.8 Å². The summed E-state index contributed by atoms with van der Waals surface area (Å²) in [5, 5.41) is 9.79. The van der Waals surface area contributed by atoms with E-state index in [2.05, 4.69) is 4.99 Å². The van der Waals surface area contributed by atoms with Gasteiger partial charge in [0, 0.05) is 12.6 Å². The number of carbonyl (C=O) groups is 2. The highest BCUT2D eigenvalue weighted by Gasteiger charge is 2.28. The van der Waals surface area contributed by atoms with Gasteiger partial charge in [0.25, 0.3) is 5.91 Å². The molecule has 0 bridgehead atoms. The summed E-state index contributed by atoms with van der Waals surface area (Å²) in [6, 6.07) is 10.0. The lowest BCUT2D eigenvalue weighted by molar-refractivity contribution is -0.113. The van der Waals surface area contributed by atoms with Crippen molar-refractivity contribution in [2.75, 3.05) is 33.3 Å². The number of anilines is 1. The number of carboxylic acids is 1. The van der Waals surface area contributed by atoms with Crippen LogP contribution in [0.1, 0.15) is 15.9 Å². The van der Waals surface area contributed by atoms with Gasteiger partial charge >= 0.3 is 5.97 Å². The molecule has 1 heterocycles. The van der Waals surface area contributed by atoms with Crippen LogP contribution in [-0.2, 0) is 4.79 Å². The number of aromatic carboxylic acids is 1. The number of amidine groups is 1. The number of hydrogen-bond acceptors (Lipinski definition) is 7. The lowest BCUT2D eigenvalue weighted by Crippen LogP contribution is -2.24. The second-order valence-electron chi connectivity index (χ2n) is 6.12. The van der Waals surface area contributed by atoms with E-state index in [9.17, 15) is 14.7 Å². The summed E-state index contributed by atoms with van der Waals surface area (Å²) < 4.78 is 16.1. The first kappa shape index (κ1) is 21.3. The smallest absolute Gasteiger partial charge is 0.337 e. The number of hydrogen-bond donors (Lipinski definition) is 1. The van der Waals surface area contributed by atoms with Crippen LogP contribution < -0.4 is 19.1 Å². The number of rotatable bonds is 6. The van der Waals surface area contributed by atoms with Gasteiger partial charge in [-0.1, -0.05) is 12.1 Å². The third-order valence-electron chi connectivity index (χ3n) is 4.41. The first-order valence-electron chi connectivity index (χ1n) is 8.78. The normalized spacial score (nSPS) is 14.5. The molecule has 1 N–H and O–H groups in total. The number of aliphatic imine (C=N–C) groups is 1. The van der Waals surface area contributed by atoms with E-state index in [0.29, 0.717) is 38.6 Å². The average Bonchev–Trinajstić information content (AvgIpc) is 3.12. The lowest BCUT2D eigenvalue weighted by Gasteiger charge is -2.19. The quantitative estimate of drug-likeness (QED) is 0.698. The Hall–Kier alpha value is -3.46. The fourth-order valence-electron chi connectivity index (χ4n) is 2.97. The zero-order chi connectivity index (χ0) is 21.8. The summed E-state index contributed by atoms with van der Waals surface area (Å²) in [4.78, 5) is 30.0. The largest absolute Gasteiger partial charge is 0.493 e. The molecule has 0 saturated carbocycles. The SMILES string of the molecule is COc1ccc(/C=C2\SC(N(C)c3ccccc3C(=O)O)=NC2=O)c(OC)c1OC.